The number of hydrogen-bond donors (Lipinski definition) is 1. The van der Waals surface area contributed by atoms with Gasteiger partial charge in [0.15, 0.2) is 0 Å². The number of ether oxygens (including phenoxy) is 3. The number of thioether (sulfide) groups is 1. The van der Waals surface area contributed by atoms with Gasteiger partial charge in [0.2, 0.25) is 11.4 Å². The maximum Gasteiger partial charge on any atom is 0.333 e. The summed E-state index contributed by atoms with van der Waals surface area (Å²) in [6.45, 7) is 9.34. The molecule has 4 rings (SSSR count). The van der Waals surface area contributed by atoms with E-state index in [0.29, 0.717) is 35.7 Å². The highest BCUT2D eigenvalue weighted by Crippen LogP contribution is 2.29. The Hall–Kier alpha value is -4.33. The molecule has 0 saturated heterocycles. The number of benzene rings is 4. The van der Waals surface area contributed by atoms with Crippen molar-refractivity contribution in [3.8, 4) is 22.6 Å². The molecule has 4 aromatic rings. The fourth-order valence-corrected chi connectivity index (χ4v) is 4.51. The van der Waals surface area contributed by atoms with E-state index in [0.717, 1.165) is 38.6 Å². The second-order valence-electron chi connectivity index (χ2n) is 9.02. The molecule has 1 atom stereocenters. The Balaban J connectivity index is 1.30. The fraction of sp³-hybridized carbons (Fsp3) is 0.152. The predicted molar refractivity (Wildman–Crippen MR) is 159 cm³/mol. The second-order valence-corrected chi connectivity index (χ2v) is 10.1. The van der Waals surface area contributed by atoms with E-state index in [1.807, 2.05) is 72.8 Å². The first kappa shape index (κ1) is 28.7. The van der Waals surface area contributed by atoms with E-state index in [-0.39, 0.29) is 11.7 Å². The molecule has 0 amide bonds. The Morgan fingerprint density at radius 2 is 1.52 bits per heavy atom. The van der Waals surface area contributed by atoms with Crippen LogP contribution in [0.1, 0.15) is 23.7 Å². The molecule has 0 aromatic heterocycles. The first-order chi connectivity index (χ1) is 19.3. The van der Waals surface area contributed by atoms with Crippen LogP contribution in [0.15, 0.2) is 115 Å². The van der Waals surface area contributed by atoms with Gasteiger partial charge in [-0.1, -0.05) is 43.5 Å². The van der Waals surface area contributed by atoms with Crippen molar-refractivity contribution in [2.75, 3.05) is 13.2 Å². The third-order valence-electron chi connectivity index (χ3n) is 5.90. The van der Waals surface area contributed by atoms with Crippen molar-refractivity contribution in [3.05, 3.63) is 115 Å². The number of aliphatic hydroxyl groups is 1. The molecule has 1 unspecified atom stereocenters. The third kappa shape index (κ3) is 7.85. The molecule has 0 fully saturated rings. The van der Waals surface area contributed by atoms with Gasteiger partial charge in [0, 0.05) is 22.5 Å². The summed E-state index contributed by atoms with van der Waals surface area (Å²) in [4.78, 5) is 25.0. The highest BCUT2D eigenvalue weighted by Gasteiger charge is 2.10. The molecule has 0 radical (unpaired) electrons. The molecule has 0 heterocycles. The lowest BCUT2D eigenvalue weighted by Gasteiger charge is -2.11. The lowest BCUT2D eigenvalue weighted by Crippen LogP contribution is -2.10. The molecule has 1 N–H and O–H groups in total. The van der Waals surface area contributed by atoms with E-state index < -0.39 is 12.3 Å². The van der Waals surface area contributed by atoms with Gasteiger partial charge in [-0.15, -0.1) is 0 Å². The maximum atomic E-state index is 12.8. The predicted octanol–water partition coefficient (Wildman–Crippen LogP) is 7.21. The van der Waals surface area contributed by atoms with E-state index >= 15 is 0 Å². The maximum absolute atomic E-state index is 12.8. The average Bonchev–Trinajstić information content (AvgIpc) is 2.97. The van der Waals surface area contributed by atoms with E-state index in [4.69, 9.17) is 14.2 Å². The zero-order valence-electron chi connectivity index (χ0n) is 22.2. The number of esters is 1. The number of carbonyl (C=O) groups is 2. The second kappa shape index (κ2) is 13.6. The van der Waals surface area contributed by atoms with Crippen LogP contribution in [0.25, 0.3) is 21.9 Å². The minimum atomic E-state index is -1.05. The summed E-state index contributed by atoms with van der Waals surface area (Å²) >= 11 is 1.16. The highest BCUT2D eigenvalue weighted by molar-refractivity contribution is 8.14. The van der Waals surface area contributed by atoms with Gasteiger partial charge in [-0.25, -0.2) is 4.79 Å². The van der Waals surface area contributed by atoms with Crippen LogP contribution in [0.3, 0.4) is 0 Å². The molecular formula is C33H30O6S. The summed E-state index contributed by atoms with van der Waals surface area (Å²) in [7, 11) is 0. The van der Waals surface area contributed by atoms with Crippen LogP contribution in [0, 0.1) is 0 Å². The summed E-state index contributed by atoms with van der Waals surface area (Å²) in [5.74, 6) is 0.844. The minimum absolute atomic E-state index is 0.0488. The van der Waals surface area contributed by atoms with Gasteiger partial charge in [0.1, 0.15) is 11.5 Å². The molecule has 204 valence electrons. The Bertz CT molecular complexity index is 1510. The zero-order valence-corrected chi connectivity index (χ0v) is 23.0. The molecule has 0 spiro atoms. The van der Waals surface area contributed by atoms with Crippen molar-refractivity contribution in [2.24, 2.45) is 0 Å². The van der Waals surface area contributed by atoms with Gasteiger partial charge in [-0.2, -0.15) is 0 Å². The highest BCUT2D eigenvalue weighted by atomic mass is 32.2. The topological polar surface area (TPSA) is 82.1 Å². The van der Waals surface area contributed by atoms with E-state index in [9.17, 15) is 14.7 Å². The summed E-state index contributed by atoms with van der Waals surface area (Å²) < 4.78 is 16.1. The fourth-order valence-electron chi connectivity index (χ4n) is 3.77. The first-order valence-electron chi connectivity index (χ1n) is 12.7. The van der Waals surface area contributed by atoms with Crippen molar-refractivity contribution in [1.29, 1.82) is 0 Å². The van der Waals surface area contributed by atoms with Crippen LogP contribution >= 0.6 is 11.8 Å². The Morgan fingerprint density at radius 3 is 2.23 bits per heavy atom. The number of carbonyl (C=O) groups excluding carboxylic acids is 2. The van der Waals surface area contributed by atoms with Gasteiger partial charge < -0.3 is 19.3 Å². The van der Waals surface area contributed by atoms with Crippen LogP contribution in [0.5, 0.6) is 11.5 Å². The standard InChI is InChI=1S/C33H30O6S/c1-4-31(34)39-29-13-12-26-20-25(10-11-27(26)21-29)23-6-8-24(9-7-23)33(36)40-30-16-14-28(15-17-30)37-18-5-19-38-32(35)22(2)3/h4,6-17,20-21,31,34H,1-2,5,18-19H2,3H3. The smallest absolute Gasteiger partial charge is 0.333 e. The van der Waals surface area contributed by atoms with Crippen molar-refractivity contribution in [1.82, 2.24) is 0 Å². The molecular weight excluding hydrogens is 524 g/mol. The van der Waals surface area contributed by atoms with Gasteiger partial charge in [0.25, 0.3) is 0 Å². The molecule has 0 aliphatic heterocycles. The van der Waals surface area contributed by atoms with Gasteiger partial charge >= 0.3 is 5.97 Å². The first-order valence-corrected chi connectivity index (χ1v) is 13.5. The largest absolute Gasteiger partial charge is 0.493 e. The molecule has 6 nitrogen and oxygen atoms in total. The molecule has 0 aliphatic carbocycles. The van der Waals surface area contributed by atoms with Crippen LogP contribution < -0.4 is 9.47 Å². The molecule has 0 saturated carbocycles. The number of fused-ring (bicyclic) bond motifs is 1. The Labute approximate surface area is 237 Å². The van der Waals surface area contributed by atoms with Gasteiger partial charge in [0.05, 0.1) is 13.2 Å². The van der Waals surface area contributed by atoms with E-state index in [1.54, 1.807) is 13.0 Å². The van der Waals surface area contributed by atoms with Gasteiger partial charge in [-0.3, -0.25) is 4.79 Å². The van der Waals surface area contributed by atoms with Crippen molar-refractivity contribution >= 4 is 33.6 Å². The van der Waals surface area contributed by atoms with E-state index in [2.05, 4.69) is 19.2 Å². The SMILES string of the molecule is C=CC(O)Oc1ccc2cc(-c3ccc(C(=O)Sc4ccc(OCCCOC(=O)C(=C)C)cc4)cc3)ccc2c1. The molecule has 0 bridgehead atoms. The zero-order chi connectivity index (χ0) is 28.5. The van der Waals surface area contributed by atoms with Crippen LogP contribution in [-0.2, 0) is 9.53 Å². The summed E-state index contributed by atoms with van der Waals surface area (Å²) in [5, 5.41) is 11.6. The molecule has 4 aromatic carbocycles. The number of aliphatic hydroxyl groups excluding tert-OH is 1. The summed E-state index contributed by atoms with van der Waals surface area (Å²) in [6.07, 6.45) is 0.844. The Kier molecular flexibility index (Phi) is 9.78. The molecule has 0 aliphatic rings. The van der Waals surface area contributed by atoms with Crippen molar-refractivity contribution < 1.29 is 28.9 Å². The van der Waals surface area contributed by atoms with Gasteiger partial charge in [-0.05, 0) is 101 Å². The summed E-state index contributed by atoms with van der Waals surface area (Å²) in [6, 6.07) is 26.6. The number of rotatable bonds is 12. The quantitative estimate of drug-likeness (QED) is 0.0495. The van der Waals surface area contributed by atoms with Crippen LogP contribution in [-0.4, -0.2) is 35.7 Å². The van der Waals surface area contributed by atoms with Crippen LogP contribution in [0.2, 0.25) is 0 Å². The van der Waals surface area contributed by atoms with Crippen molar-refractivity contribution in [3.63, 3.8) is 0 Å². The van der Waals surface area contributed by atoms with Crippen molar-refractivity contribution in [2.45, 2.75) is 24.5 Å². The lowest BCUT2D eigenvalue weighted by atomic mass is 10.0. The lowest BCUT2D eigenvalue weighted by molar-refractivity contribution is -0.139. The molecule has 7 heteroatoms. The minimum Gasteiger partial charge on any atom is -0.493 e. The average molecular weight is 555 g/mol. The van der Waals surface area contributed by atoms with E-state index in [1.165, 1.54) is 6.08 Å². The monoisotopic (exact) mass is 554 g/mol. The summed E-state index contributed by atoms with van der Waals surface area (Å²) in [5.41, 5.74) is 3.02. The third-order valence-corrected chi connectivity index (χ3v) is 6.83. The molecule has 40 heavy (non-hydrogen) atoms. The van der Waals surface area contributed by atoms with Crippen LogP contribution in [0.4, 0.5) is 0 Å². The normalized spacial score (nSPS) is 11.4. The Morgan fingerprint density at radius 1 is 0.875 bits per heavy atom. The number of hydrogen-bond acceptors (Lipinski definition) is 7.